The van der Waals surface area contributed by atoms with Crippen molar-refractivity contribution in [1.29, 1.82) is 0 Å². The molecule has 2 nitrogen and oxygen atoms in total. The Morgan fingerprint density at radius 3 is 2.38 bits per heavy atom. The van der Waals surface area contributed by atoms with Crippen LogP contribution in [0, 0.1) is 0 Å². The smallest absolute Gasteiger partial charge is 0.00682 e. The number of hydrogen-bond acceptors (Lipinski definition) is 2. The number of rotatable bonds is 8. The third kappa shape index (κ3) is 5.27. The molecule has 13 heavy (non-hydrogen) atoms. The van der Waals surface area contributed by atoms with Gasteiger partial charge in [-0.15, -0.1) is 0 Å². The molecule has 1 fully saturated rings. The van der Waals surface area contributed by atoms with E-state index in [0.29, 0.717) is 0 Å². The maximum absolute atomic E-state index is 3.55. The molecular formula is C11H24N2. The molecule has 0 aromatic heterocycles. The zero-order chi connectivity index (χ0) is 9.52. The summed E-state index contributed by atoms with van der Waals surface area (Å²) in [6.07, 6.45) is 5.51. The highest BCUT2D eigenvalue weighted by Crippen LogP contribution is 2.18. The zero-order valence-electron chi connectivity index (χ0n) is 9.18. The Morgan fingerprint density at radius 1 is 1.15 bits per heavy atom. The van der Waals surface area contributed by atoms with E-state index in [1.807, 2.05) is 0 Å². The highest BCUT2D eigenvalue weighted by atomic mass is 15.1. The third-order valence-electron chi connectivity index (χ3n) is 2.81. The minimum atomic E-state index is 0.883. The van der Waals surface area contributed by atoms with Gasteiger partial charge in [0.25, 0.3) is 0 Å². The highest BCUT2D eigenvalue weighted by Gasteiger charge is 2.19. The molecule has 1 N–H and O–H groups in total. The third-order valence-corrected chi connectivity index (χ3v) is 2.81. The molecular weight excluding hydrogens is 160 g/mol. The monoisotopic (exact) mass is 184 g/mol. The first kappa shape index (κ1) is 11.0. The minimum absolute atomic E-state index is 0.883. The predicted molar refractivity (Wildman–Crippen MR) is 58.0 cm³/mol. The van der Waals surface area contributed by atoms with Gasteiger partial charge in [0.05, 0.1) is 0 Å². The lowest BCUT2D eigenvalue weighted by molar-refractivity contribution is 0.296. The van der Waals surface area contributed by atoms with Crippen LogP contribution < -0.4 is 5.32 Å². The number of hydrogen-bond donors (Lipinski definition) is 1. The Labute approximate surface area is 82.7 Å². The molecule has 0 unspecified atom stereocenters. The summed E-state index contributed by atoms with van der Waals surface area (Å²) >= 11 is 0. The second-order valence-electron chi connectivity index (χ2n) is 3.96. The summed E-state index contributed by atoms with van der Waals surface area (Å²) in [4.78, 5) is 2.50. The summed E-state index contributed by atoms with van der Waals surface area (Å²) in [5.74, 6) is 0. The van der Waals surface area contributed by atoms with E-state index in [1.54, 1.807) is 0 Å². The lowest BCUT2D eigenvalue weighted by atomic mass is 10.3. The Morgan fingerprint density at radius 2 is 1.85 bits per heavy atom. The summed E-state index contributed by atoms with van der Waals surface area (Å²) in [7, 11) is 0. The Kier molecular flexibility index (Phi) is 5.40. The standard InChI is InChI=1S/C11H24N2/c1-3-13(4-2)10-6-5-9-12-11-7-8-11/h11-12H,3-10H2,1-2H3. The molecule has 0 bridgehead atoms. The first-order valence-electron chi connectivity index (χ1n) is 5.82. The van der Waals surface area contributed by atoms with Crippen LogP contribution in [0.15, 0.2) is 0 Å². The van der Waals surface area contributed by atoms with Crippen molar-refractivity contribution < 1.29 is 0 Å². The lowest BCUT2D eigenvalue weighted by Crippen LogP contribution is -2.25. The fourth-order valence-electron chi connectivity index (χ4n) is 1.59. The van der Waals surface area contributed by atoms with Gasteiger partial charge in [0.1, 0.15) is 0 Å². The van der Waals surface area contributed by atoms with Gasteiger partial charge in [0.15, 0.2) is 0 Å². The Hall–Kier alpha value is -0.0800. The van der Waals surface area contributed by atoms with Crippen molar-refractivity contribution in [3.63, 3.8) is 0 Å². The van der Waals surface area contributed by atoms with Gasteiger partial charge in [-0.25, -0.2) is 0 Å². The molecule has 0 aromatic carbocycles. The Bertz CT molecular complexity index is 117. The molecule has 1 aliphatic rings. The normalized spacial score (nSPS) is 16.8. The van der Waals surface area contributed by atoms with E-state index in [4.69, 9.17) is 0 Å². The van der Waals surface area contributed by atoms with Crippen LogP contribution in [0.4, 0.5) is 0 Å². The first-order valence-corrected chi connectivity index (χ1v) is 5.82. The number of nitrogens with zero attached hydrogens (tertiary/aromatic N) is 1. The van der Waals surface area contributed by atoms with E-state index in [9.17, 15) is 0 Å². The van der Waals surface area contributed by atoms with Gasteiger partial charge in [-0.2, -0.15) is 0 Å². The quantitative estimate of drug-likeness (QED) is 0.579. The molecule has 78 valence electrons. The van der Waals surface area contributed by atoms with E-state index >= 15 is 0 Å². The lowest BCUT2D eigenvalue weighted by Gasteiger charge is -2.17. The molecule has 0 atom stereocenters. The van der Waals surface area contributed by atoms with Crippen LogP contribution >= 0.6 is 0 Å². The second-order valence-corrected chi connectivity index (χ2v) is 3.96. The molecule has 1 rings (SSSR count). The summed E-state index contributed by atoms with van der Waals surface area (Å²) in [6, 6.07) is 0.883. The highest BCUT2D eigenvalue weighted by molar-refractivity contribution is 4.80. The van der Waals surface area contributed by atoms with Crippen molar-refractivity contribution in [1.82, 2.24) is 10.2 Å². The predicted octanol–water partition coefficient (Wildman–Crippen LogP) is 1.86. The molecule has 0 spiro atoms. The number of nitrogens with one attached hydrogen (secondary N) is 1. The van der Waals surface area contributed by atoms with Crippen molar-refractivity contribution in [2.45, 2.75) is 45.6 Å². The van der Waals surface area contributed by atoms with Gasteiger partial charge in [-0.05, 0) is 51.9 Å². The largest absolute Gasteiger partial charge is 0.314 e. The van der Waals surface area contributed by atoms with Crippen molar-refractivity contribution in [3.05, 3.63) is 0 Å². The topological polar surface area (TPSA) is 15.3 Å². The minimum Gasteiger partial charge on any atom is -0.314 e. The van der Waals surface area contributed by atoms with Crippen molar-refractivity contribution in [2.24, 2.45) is 0 Å². The fraction of sp³-hybridized carbons (Fsp3) is 1.00. The molecule has 0 aliphatic heterocycles. The van der Waals surface area contributed by atoms with Gasteiger partial charge in [0.2, 0.25) is 0 Å². The van der Waals surface area contributed by atoms with Gasteiger partial charge in [-0.3, -0.25) is 0 Å². The van der Waals surface area contributed by atoms with Gasteiger partial charge in [0, 0.05) is 6.04 Å². The second kappa shape index (κ2) is 6.39. The van der Waals surface area contributed by atoms with Gasteiger partial charge < -0.3 is 10.2 Å². The summed E-state index contributed by atoms with van der Waals surface area (Å²) in [6.45, 7) is 9.39. The summed E-state index contributed by atoms with van der Waals surface area (Å²) in [5, 5.41) is 3.55. The van der Waals surface area contributed by atoms with Crippen LogP contribution in [0.25, 0.3) is 0 Å². The summed E-state index contributed by atoms with van der Waals surface area (Å²) in [5.41, 5.74) is 0. The zero-order valence-corrected chi connectivity index (χ0v) is 9.18. The van der Waals surface area contributed by atoms with Crippen LogP contribution in [-0.4, -0.2) is 37.1 Å². The molecule has 0 saturated heterocycles. The van der Waals surface area contributed by atoms with Crippen molar-refractivity contribution in [2.75, 3.05) is 26.2 Å². The maximum Gasteiger partial charge on any atom is 0.00682 e. The van der Waals surface area contributed by atoms with Gasteiger partial charge >= 0.3 is 0 Å². The fourth-order valence-corrected chi connectivity index (χ4v) is 1.59. The average Bonchev–Trinajstić information content (AvgIpc) is 2.95. The van der Waals surface area contributed by atoms with Gasteiger partial charge in [-0.1, -0.05) is 13.8 Å². The van der Waals surface area contributed by atoms with Crippen LogP contribution in [0.1, 0.15) is 39.5 Å². The van der Waals surface area contributed by atoms with E-state index in [2.05, 4.69) is 24.1 Å². The number of unbranched alkanes of at least 4 members (excludes halogenated alkanes) is 1. The van der Waals surface area contributed by atoms with Crippen LogP contribution in [0.2, 0.25) is 0 Å². The summed E-state index contributed by atoms with van der Waals surface area (Å²) < 4.78 is 0. The van der Waals surface area contributed by atoms with Crippen molar-refractivity contribution in [3.8, 4) is 0 Å². The van der Waals surface area contributed by atoms with E-state index in [0.717, 1.165) is 6.04 Å². The molecule has 0 aromatic rings. The van der Waals surface area contributed by atoms with E-state index in [1.165, 1.54) is 51.9 Å². The molecule has 2 heteroatoms. The molecule has 0 amide bonds. The average molecular weight is 184 g/mol. The first-order chi connectivity index (χ1) is 6.36. The van der Waals surface area contributed by atoms with Crippen LogP contribution in [-0.2, 0) is 0 Å². The molecule has 0 radical (unpaired) electrons. The maximum atomic E-state index is 3.55. The molecule has 0 heterocycles. The van der Waals surface area contributed by atoms with Crippen LogP contribution in [0.3, 0.4) is 0 Å². The van der Waals surface area contributed by atoms with E-state index in [-0.39, 0.29) is 0 Å². The van der Waals surface area contributed by atoms with E-state index < -0.39 is 0 Å². The SMILES string of the molecule is CCN(CC)CCCCNC1CC1. The Balaban J connectivity index is 1.81. The van der Waals surface area contributed by atoms with Crippen LogP contribution in [0.5, 0.6) is 0 Å². The molecule has 1 aliphatic carbocycles. The van der Waals surface area contributed by atoms with Crippen molar-refractivity contribution >= 4 is 0 Å². The molecule has 1 saturated carbocycles.